The number of aryl methyl sites for hydroxylation is 2. The van der Waals surface area contributed by atoms with E-state index < -0.39 is 5.97 Å². The molecule has 0 aliphatic rings. The van der Waals surface area contributed by atoms with E-state index in [9.17, 15) is 4.79 Å². The van der Waals surface area contributed by atoms with Crippen LogP contribution in [0.3, 0.4) is 0 Å². The monoisotopic (exact) mass is 226 g/mol. The van der Waals surface area contributed by atoms with Crippen LogP contribution in [0, 0.1) is 13.8 Å². The Bertz CT molecular complexity index is 361. The number of carboxylic acid groups (broad SMARTS) is 1. The molecule has 1 rings (SSSR count). The Morgan fingerprint density at radius 2 is 2.07 bits per heavy atom. The fourth-order valence-corrected chi connectivity index (χ4v) is 1.76. The first-order chi connectivity index (χ1) is 6.99. The Morgan fingerprint density at radius 3 is 2.60 bits per heavy atom. The fraction of sp³-hybridized carbons (Fsp3) is 0.417. The summed E-state index contributed by atoms with van der Waals surface area (Å²) in [6.45, 7) is 4.09. The molecule has 0 fully saturated rings. The maximum atomic E-state index is 10.4. The third-order valence-electron chi connectivity index (χ3n) is 2.42. The number of benzene rings is 1. The summed E-state index contributed by atoms with van der Waals surface area (Å²) in [6, 6.07) is 6.10. The first-order valence-corrected chi connectivity index (χ1v) is 5.34. The smallest absolute Gasteiger partial charge is 0.304 e. The third kappa shape index (κ3) is 3.92. The first kappa shape index (κ1) is 12.1. The molecule has 3 heteroatoms. The normalized spacial score (nSPS) is 12.5. The molecule has 0 saturated carbocycles. The van der Waals surface area contributed by atoms with E-state index in [1.807, 2.05) is 19.1 Å². The average Bonchev–Trinajstić information content (AvgIpc) is 2.10. The number of alkyl halides is 1. The lowest BCUT2D eigenvalue weighted by atomic mass is 10.0. The second-order valence-corrected chi connectivity index (χ2v) is 4.44. The molecule has 1 unspecified atom stereocenters. The SMILES string of the molecule is Cc1ccc(CC(Cl)CC(=O)O)cc1C. The lowest BCUT2D eigenvalue weighted by Crippen LogP contribution is -2.10. The second-order valence-electron chi connectivity index (χ2n) is 3.82. The van der Waals surface area contributed by atoms with E-state index in [0.717, 1.165) is 5.56 Å². The van der Waals surface area contributed by atoms with Gasteiger partial charge in [-0.1, -0.05) is 18.2 Å². The molecule has 0 aliphatic carbocycles. The fourth-order valence-electron chi connectivity index (χ4n) is 1.45. The number of carbonyl (C=O) groups is 1. The zero-order valence-electron chi connectivity index (χ0n) is 8.96. The van der Waals surface area contributed by atoms with Crippen molar-refractivity contribution < 1.29 is 9.90 Å². The van der Waals surface area contributed by atoms with Crippen molar-refractivity contribution in [3.8, 4) is 0 Å². The molecular weight excluding hydrogens is 212 g/mol. The average molecular weight is 227 g/mol. The van der Waals surface area contributed by atoms with Crippen LogP contribution in [-0.2, 0) is 11.2 Å². The summed E-state index contributed by atoms with van der Waals surface area (Å²) in [5, 5.41) is 8.25. The van der Waals surface area contributed by atoms with E-state index in [1.165, 1.54) is 11.1 Å². The molecule has 0 spiro atoms. The first-order valence-electron chi connectivity index (χ1n) is 4.91. The predicted octanol–water partition coefficient (Wildman–Crippen LogP) is 2.93. The van der Waals surface area contributed by atoms with Crippen molar-refractivity contribution in [2.45, 2.75) is 32.1 Å². The minimum atomic E-state index is -0.848. The van der Waals surface area contributed by atoms with Crippen LogP contribution in [0.25, 0.3) is 0 Å². The van der Waals surface area contributed by atoms with Gasteiger partial charge >= 0.3 is 5.97 Å². The molecule has 0 heterocycles. The highest BCUT2D eigenvalue weighted by molar-refractivity contribution is 6.21. The number of carboxylic acids is 1. The van der Waals surface area contributed by atoms with E-state index in [2.05, 4.69) is 13.0 Å². The van der Waals surface area contributed by atoms with Crippen molar-refractivity contribution >= 4 is 17.6 Å². The van der Waals surface area contributed by atoms with Gasteiger partial charge in [-0.05, 0) is 37.0 Å². The summed E-state index contributed by atoms with van der Waals surface area (Å²) in [5.41, 5.74) is 3.55. The molecule has 0 bridgehead atoms. The summed E-state index contributed by atoms with van der Waals surface area (Å²) >= 11 is 5.92. The van der Waals surface area contributed by atoms with Crippen molar-refractivity contribution in [3.63, 3.8) is 0 Å². The largest absolute Gasteiger partial charge is 0.481 e. The maximum Gasteiger partial charge on any atom is 0.304 e. The zero-order chi connectivity index (χ0) is 11.4. The summed E-state index contributed by atoms with van der Waals surface area (Å²) in [5.74, 6) is -0.848. The van der Waals surface area contributed by atoms with Crippen LogP contribution < -0.4 is 0 Å². The van der Waals surface area contributed by atoms with Gasteiger partial charge in [0, 0.05) is 5.38 Å². The van der Waals surface area contributed by atoms with Gasteiger partial charge in [-0.15, -0.1) is 11.6 Å². The highest BCUT2D eigenvalue weighted by atomic mass is 35.5. The quantitative estimate of drug-likeness (QED) is 0.802. The second kappa shape index (κ2) is 5.17. The molecule has 0 radical (unpaired) electrons. The van der Waals surface area contributed by atoms with Crippen LogP contribution in [0.15, 0.2) is 18.2 Å². The summed E-state index contributed by atoms with van der Waals surface area (Å²) in [6.07, 6.45) is 0.615. The number of aliphatic carboxylic acids is 1. The van der Waals surface area contributed by atoms with Gasteiger partial charge < -0.3 is 5.11 Å². The van der Waals surface area contributed by atoms with E-state index in [-0.39, 0.29) is 11.8 Å². The lowest BCUT2D eigenvalue weighted by molar-refractivity contribution is -0.137. The van der Waals surface area contributed by atoms with Gasteiger partial charge in [0.1, 0.15) is 0 Å². The molecule has 1 aromatic rings. The van der Waals surface area contributed by atoms with Crippen molar-refractivity contribution in [1.29, 1.82) is 0 Å². The summed E-state index contributed by atoms with van der Waals surface area (Å²) in [7, 11) is 0. The van der Waals surface area contributed by atoms with Gasteiger partial charge in [0.2, 0.25) is 0 Å². The molecule has 0 aliphatic heterocycles. The predicted molar refractivity (Wildman–Crippen MR) is 61.5 cm³/mol. The van der Waals surface area contributed by atoms with Crippen LogP contribution in [-0.4, -0.2) is 16.5 Å². The van der Waals surface area contributed by atoms with Gasteiger partial charge in [0.05, 0.1) is 6.42 Å². The van der Waals surface area contributed by atoms with E-state index >= 15 is 0 Å². The maximum absolute atomic E-state index is 10.4. The Balaban J connectivity index is 2.64. The Labute approximate surface area is 94.9 Å². The van der Waals surface area contributed by atoms with Crippen LogP contribution in [0.1, 0.15) is 23.1 Å². The van der Waals surface area contributed by atoms with E-state index in [4.69, 9.17) is 16.7 Å². The molecule has 1 aromatic carbocycles. The number of halogens is 1. The van der Waals surface area contributed by atoms with Crippen molar-refractivity contribution in [2.24, 2.45) is 0 Å². The van der Waals surface area contributed by atoms with Gasteiger partial charge in [-0.3, -0.25) is 4.79 Å². The van der Waals surface area contributed by atoms with Gasteiger partial charge in [0.25, 0.3) is 0 Å². The molecule has 1 N–H and O–H groups in total. The number of hydrogen-bond donors (Lipinski definition) is 1. The van der Waals surface area contributed by atoms with E-state index in [0.29, 0.717) is 6.42 Å². The molecule has 0 aromatic heterocycles. The van der Waals surface area contributed by atoms with Crippen LogP contribution in [0.2, 0.25) is 0 Å². The molecule has 2 nitrogen and oxygen atoms in total. The van der Waals surface area contributed by atoms with Gasteiger partial charge in [-0.2, -0.15) is 0 Å². The topological polar surface area (TPSA) is 37.3 Å². The molecular formula is C12H15ClO2. The van der Waals surface area contributed by atoms with Crippen LogP contribution >= 0.6 is 11.6 Å². The van der Waals surface area contributed by atoms with Crippen molar-refractivity contribution in [1.82, 2.24) is 0 Å². The van der Waals surface area contributed by atoms with Crippen LogP contribution in [0.5, 0.6) is 0 Å². The summed E-state index contributed by atoms with van der Waals surface area (Å²) in [4.78, 5) is 10.4. The summed E-state index contributed by atoms with van der Waals surface area (Å²) < 4.78 is 0. The molecule has 1 atom stereocenters. The third-order valence-corrected chi connectivity index (χ3v) is 2.73. The van der Waals surface area contributed by atoms with Crippen molar-refractivity contribution in [3.05, 3.63) is 34.9 Å². The molecule has 0 amide bonds. The zero-order valence-corrected chi connectivity index (χ0v) is 9.71. The Kier molecular flexibility index (Phi) is 4.15. The standard InChI is InChI=1S/C12H15ClO2/c1-8-3-4-10(5-9(8)2)6-11(13)7-12(14)15/h3-5,11H,6-7H2,1-2H3,(H,14,15). The van der Waals surface area contributed by atoms with Crippen molar-refractivity contribution in [2.75, 3.05) is 0 Å². The highest BCUT2D eigenvalue weighted by Gasteiger charge is 2.10. The lowest BCUT2D eigenvalue weighted by Gasteiger charge is -2.08. The number of hydrogen-bond acceptors (Lipinski definition) is 1. The Hall–Kier alpha value is -1.02. The molecule has 82 valence electrons. The van der Waals surface area contributed by atoms with Gasteiger partial charge in [0.15, 0.2) is 0 Å². The van der Waals surface area contributed by atoms with Crippen LogP contribution in [0.4, 0.5) is 0 Å². The van der Waals surface area contributed by atoms with E-state index in [1.54, 1.807) is 0 Å². The molecule has 15 heavy (non-hydrogen) atoms. The molecule has 0 saturated heterocycles. The minimum Gasteiger partial charge on any atom is -0.481 e. The Morgan fingerprint density at radius 1 is 1.40 bits per heavy atom. The van der Waals surface area contributed by atoms with Gasteiger partial charge in [-0.25, -0.2) is 0 Å². The highest BCUT2D eigenvalue weighted by Crippen LogP contribution is 2.15. The number of rotatable bonds is 4. The minimum absolute atomic E-state index is 0.00841.